The fraction of sp³-hybridized carbons (Fsp3) is 0.0233. The molecule has 0 radical (unpaired) electrons. The maximum atomic E-state index is 6.37. The summed E-state index contributed by atoms with van der Waals surface area (Å²) in [5.41, 5.74) is 12.8. The molecule has 0 saturated carbocycles. The van der Waals surface area contributed by atoms with E-state index in [1.165, 1.54) is 22.3 Å². The monoisotopic (exact) mass is 592 g/mol. The molecule has 7 aromatic carbocycles. The van der Waals surface area contributed by atoms with Gasteiger partial charge in [-0.25, -0.2) is 0 Å². The van der Waals surface area contributed by atoms with Crippen LogP contribution in [0.5, 0.6) is 11.5 Å². The first-order valence-corrected chi connectivity index (χ1v) is 15.5. The van der Waals surface area contributed by atoms with Crippen LogP contribution >= 0.6 is 0 Å². The second kappa shape index (κ2) is 10.8. The van der Waals surface area contributed by atoms with Gasteiger partial charge in [0.05, 0.1) is 0 Å². The molecule has 9 rings (SSSR count). The van der Waals surface area contributed by atoms with Crippen molar-refractivity contribution in [2.24, 2.45) is 0 Å². The smallest absolute Gasteiger partial charge is 0.230 e. The largest absolute Gasteiger partial charge is 0.457 e. The van der Waals surface area contributed by atoms with Crippen LogP contribution in [-0.4, -0.2) is 6.79 Å². The highest BCUT2D eigenvalue weighted by atomic mass is 16.7. The fourth-order valence-corrected chi connectivity index (χ4v) is 6.60. The molecule has 3 heteroatoms. The van der Waals surface area contributed by atoms with Gasteiger partial charge in [0.15, 0.2) is 0 Å². The molecule has 0 unspecified atom stereocenters. The molecule has 0 saturated heterocycles. The highest BCUT2D eigenvalue weighted by Gasteiger charge is 2.20. The standard InChI is InChI=1S/C43H28O3/c1-3-10-28(11-4-1)32-22-33(29-12-5-2-6-13-29)24-34(23-32)30-18-20-37-39-25-31(19-21-40(39)44-27-45-42(37)26-30)35-15-9-16-38-36-14-7-8-17-41(36)46-43(35)38/h1-26H,27H2. The number of para-hydroxylation sites is 2. The topological polar surface area (TPSA) is 31.6 Å². The highest BCUT2D eigenvalue weighted by molar-refractivity contribution is 6.09. The van der Waals surface area contributed by atoms with Gasteiger partial charge >= 0.3 is 0 Å². The van der Waals surface area contributed by atoms with Crippen molar-refractivity contribution < 1.29 is 13.9 Å². The molecular formula is C43H28O3. The lowest BCUT2D eigenvalue weighted by Gasteiger charge is -2.14. The quantitative estimate of drug-likeness (QED) is 0.204. The molecule has 1 aliphatic rings. The molecule has 46 heavy (non-hydrogen) atoms. The molecule has 218 valence electrons. The highest BCUT2D eigenvalue weighted by Crippen LogP contribution is 2.45. The molecule has 1 aliphatic heterocycles. The van der Waals surface area contributed by atoms with Crippen molar-refractivity contribution in [3.05, 3.63) is 158 Å². The van der Waals surface area contributed by atoms with E-state index in [2.05, 4.69) is 140 Å². The van der Waals surface area contributed by atoms with E-state index in [0.29, 0.717) is 0 Å². The summed E-state index contributed by atoms with van der Waals surface area (Å²) in [6.45, 7) is 0.140. The summed E-state index contributed by atoms with van der Waals surface area (Å²) in [6.07, 6.45) is 0. The zero-order chi connectivity index (χ0) is 30.5. The van der Waals surface area contributed by atoms with Gasteiger partial charge in [0, 0.05) is 27.5 Å². The lowest BCUT2D eigenvalue weighted by atomic mass is 9.91. The van der Waals surface area contributed by atoms with Gasteiger partial charge in [0.2, 0.25) is 6.79 Å². The van der Waals surface area contributed by atoms with Gasteiger partial charge in [0.25, 0.3) is 0 Å². The summed E-state index contributed by atoms with van der Waals surface area (Å²) < 4.78 is 18.7. The molecule has 0 aliphatic carbocycles. The minimum Gasteiger partial charge on any atom is -0.457 e. The Bertz CT molecular complexity index is 2330. The van der Waals surface area contributed by atoms with Crippen LogP contribution < -0.4 is 9.47 Å². The average molecular weight is 593 g/mol. The van der Waals surface area contributed by atoms with Crippen LogP contribution in [-0.2, 0) is 0 Å². The third kappa shape index (κ3) is 4.53. The SMILES string of the molecule is c1ccc(-c2cc(-c3ccccc3)cc(-c3ccc4c(c3)OCOc3ccc(-c5cccc6c5oc5ccccc56)cc3-4)c2)cc1. The molecule has 0 bridgehead atoms. The van der Waals surface area contributed by atoms with Crippen LogP contribution in [0.25, 0.3) is 77.6 Å². The summed E-state index contributed by atoms with van der Waals surface area (Å²) in [6, 6.07) is 55.2. The Morgan fingerprint density at radius 2 is 0.978 bits per heavy atom. The molecule has 0 fully saturated rings. The molecule has 2 heterocycles. The first-order valence-electron chi connectivity index (χ1n) is 15.5. The molecule has 0 atom stereocenters. The Hall–Kier alpha value is -6.06. The molecule has 0 N–H and O–H groups in total. The molecule has 1 aromatic heterocycles. The van der Waals surface area contributed by atoms with Crippen LogP contribution in [0.2, 0.25) is 0 Å². The maximum absolute atomic E-state index is 6.37. The lowest BCUT2D eigenvalue weighted by Crippen LogP contribution is -2.03. The minimum absolute atomic E-state index is 0.140. The fourth-order valence-electron chi connectivity index (χ4n) is 6.60. The number of fused-ring (bicyclic) bond motifs is 6. The van der Waals surface area contributed by atoms with Crippen LogP contribution in [0, 0.1) is 0 Å². The van der Waals surface area contributed by atoms with Gasteiger partial charge in [-0.2, -0.15) is 0 Å². The third-order valence-corrected chi connectivity index (χ3v) is 8.88. The van der Waals surface area contributed by atoms with Crippen molar-refractivity contribution in [2.45, 2.75) is 0 Å². The minimum atomic E-state index is 0.140. The second-order valence-corrected chi connectivity index (χ2v) is 11.6. The van der Waals surface area contributed by atoms with E-state index in [9.17, 15) is 0 Å². The lowest BCUT2D eigenvalue weighted by molar-refractivity contribution is 0.125. The van der Waals surface area contributed by atoms with Crippen molar-refractivity contribution in [1.82, 2.24) is 0 Å². The molecule has 3 nitrogen and oxygen atoms in total. The number of benzene rings is 7. The molecule has 0 spiro atoms. The normalized spacial score (nSPS) is 12.2. The van der Waals surface area contributed by atoms with E-state index < -0.39 is 0 Å². The summed E-state index contributed by atoms with van der Waals surface area (Å²) in [5.74, 6) is 1.59. The summed E-state index contributed by atoms with van der Waals surface area (Å²) in [7, 11) is 0. The van der Waals surface area contributed by atoms with E-state index in [0.717, 1.165) is 66.8 Å². The van der Waals surface area contributed by atoms with Crippen molar-refractivity contribution >= 4 is 21.9 Å². The summed E-state index contributed by atoms with van der Waals surface area (Å²) in [5, 5.41) is 2.23. The van der Waals surface area contributed by atoms with Crippen molar-refractivity contribution in [2.75, 3.05) is 6.79 Å². The first kappa shape index (κ1) is 26.4. The zero-order valence-electron chi connectivity index (χ0n) is 24.9. The maximum Gasteiger partial charge on any atom is 0.230 e. The molecule has 0 amide bonds. The molecule has 8 aromatic rings. The van der Waals surface area contributed by atoms with E-state index in [1.807, 2.05) is 18.2 Å². The Kier molecular flexibility index (Phi) is 6.20. The number of rotatable bonds is 4. The van der Waals surface area contributed by atoms with Crippen molar-refractivity contribution in [1.29, 1.82) is 0 Å². The van der Waals surface area contributed by atoms with Gasteiger partial charge in [0.1, 0.15) is 22.7 Å². The van der Waals surface area contributed by atoms with Gasteiger partial charge in [-0.15, -0.1) is 0 Å². The third-order valence-electron chi connectivity index (χ3n) is 8.88. The van der Waals surface area contributed by atoms with Gasteiger partial charge in [-0.05, 0) is 87.5 Å². The Morgan fingerprint density at radius 1 is 0.348 bits per heavy atom. The molecular weight excluding hydrogens is 564 g/mol. The Morgan fingerprint density at radius 3 is 1.74 bits per heavy atom. The van der Waals surface area contributed by atoms with E-state index in [4.69, 9.17) is 13.9 Å². The van der Waals surface area contributed by atoms with Crippen LogP contribution in [0.4, 0.5) is 0 Å². The van der Waals surface area contributed by atoms with Gasteiger partial charge in [-0.3, -0.25) is 0 Å². The number of ether oxygens (including phenoxy) is 2. The van der Waals surface area contributed by atoms with Crippen LogP contribution in [0.15, 0.2) is 162 Å². The van der Waals surface area contributed by atoms with Crippen LogP contribution in [0.3, 0.4) is 0 Å². The Labute approximate surface area is 266 Å². The predicted octanol–water partition coefficient (Wildman–Crippen LogP) is 11.6. The first-order chi connectivity index (χ1) is 22.8. The number of hydrogen-bond acceptors (Lipinski definition) is 3. The average Bonchev–Trinajstić information content (AvgIpc) is 3.41. The Balaban J connectivity index is 1.16. The van der Waals surface area contributed by atoms with E-state index >= 15 is 0 Å². The van der Waals surface area contributed by atoms with Gasteiger partial charge in [-0.1, -0.05) is 109 Å². The van der Waals surface area contributed by atoms with Crippen molar-refractivity contribution in [3.8, 4) is 67.1 Å². The van der Waals surface area contributed by atoms with E-state index in [1.54, 1.807) is 0 Å². The summed E-state index contributed by atoms with van der Waals surface area (Å²) >= 11 is 0. The van der Waals surface area contributed by atoms with Crippen LogP contribution in [0.1, 0.15) is 0 Å². The predicted molar refractivity (Wildman–Crippen MR) is 187 cm³/mol. The summed E-state index contributed by atoms with van der Waals surface area (Å²) in [4.78, 5) is 0. The zero-order valence-corrected chi connectivity index (χ0v) is 24.9. The number of hydrogen-bond donors (Lipinski definition) is 0. The second-order valence-electron chi connectivity index (χ2n) is 11.6. The number of furan rings is 1. The van der Waals surface area contributed by atoms with Crippen molar-refractivity contribution in [3.63, 3.8) is 0 Å². The van der Waals surface area contributed by atoms with E-state index in [-0.39, 0.29) is 6.79 Å². The van der Waals surface area contributed by atoms with Gasteiger partial charge < -0.3 is 13.9 Å².